The fourth-order valence-electron chi connectivity index (χ4n) is 3.96. The van der Waals surface area contributed by atoms with Gasteiger partial charge in [-0.3, -0.25) is 9.79 Å². The maximum absolute atomic E-state index is 13.4. The van der Waals surface area contributed by atoms with Crippen LogP contribution in [0, 0.1) is 5.92 Å². The van der Waals surface area contributed by atoms with Gasteiger partial charge in [0.25, 0.3) is 0 Å². The second kappa shape index (κ2) is 6.95. The highest BCUT2D eigenvalue weighted by Crippen LogP contribution is 2.51. The number of rotatable bonds is 3. The lowest BCUT2D eigenvalue weighted by atomic mass is 9.93. The zero-order chi connectivity index (χ0) is 19.1. The number of para-hydroxylation sites is 1. The Morgan fingerprint density at radius 1 is 0.929 bits per heavy atom. The lowest BCUT2D eigenvalue weighted by Gasteiger charge is -2.21. The number of fused-ring (bicyclic) bond motifs is 4. The van der Waals surface area contributed by atoms with E-state index in [9.17, 15) is 4.79 Å². The summed E-state index contributed by atoms with van der Waals surface area (Å²) in [6, 6.07) is 24.1. The van der Waals surface area contributed by atoms with E-state index in [0.29, 0.717) is 6.61 Å². The van der Waals surface area contributed by atoms with Crippen LogP contribution in [0.4, 0.5) is 5.69 Å². The van der Waals surface area contributed by atoms with E-state index in [-0.39, 0.29) is 17.0 Å². The van der Waals surface area contributed by atoms with Gasteiger partial charge in [-0.1, -0.05) is 48.5 Å². The molecule has 1 heterocycles. The lowest BCUT2D eigenvalue weighted by molar-refractivity contribution is 0.0960. The molecule has 0 radical (unpaired) electrons. The van der Waals surface area contributed by atoms with Crippen LogP contribution in [-0.2, 0) is 0 Å². The maximum atomic E-state index is 13.4. The molecule has 0 fully saturated rings. The minimum atomic E-state index is -0.284. The van der Waals surface area contributed by atoms with Crippen molar-refractivity contribution in [3.63, 3.8) is 0 Å². The number of benzene rings is 3. The van der Waals surface area contributed by atoms with Gasteiger partial charge in [-0.25, -0.2) is 0 Å². The van der Waals surface area contributed by atoms with E-state index in [0.717, 1.165) is 38.7 Å². The van der Waals surface area contributed by atoms with Gasteiger partial charge in [-0.15, -0.1) is 11.8 Å². The number of carbonyl (C=O) groups excluding carboxylic acids is 1. The van der Waals surface area contributed by atoms with Crippen LogP contribution < -0.4 is 4.74 Å². The van der Waals surface area contributed by atoms with Crippen LogP contribution in [0.15, 0.2) is 82.7 Å². The van der Waals surface area contributed by atoms with Crippen molar-refractivity contribution in [3.05, 3.63) is 89.5 Å². The predicted molar refractivity (Wildman–Crippen MR) is 113 cm³/mol. The molecule has 3 aromatic carbocycles. The van der Waals surface area contributed by atoms with Crippen molar-refractivity contribution < 1.29 is 9.53 Å². The molecule has 0 aromatic heterocycles. The Labute approximate surface area is 168 Å². The molecule has 0 unspecified atom stereocenters. The van der Waals surface area contributed by atoms with Gasteiger partial charge in [0.05, 0.1) is 29.2 Å². The summed E-state index contributed by atoms with van der Waals surface area (Å²) in [6.07, 6.45) is 0. The number of Topliss-reactive ketones (excluding diaryl/α,β-unsaturated/α-hetero) is 1. The lowest BCUT2D eigenvalue weighted by Crippen LogP contribution is -2.21. The Morgan fingerprint density at radius 3 is 2.43 bits per heavy atom. The van der Waals surface area contributed by atoms with E-state index >= 15 is 0 Å². The largest absolute Gasteiger partial charge is 0.494 e. The fraction of sp³-hybridized carbons (Fsp3) is 0.167. The van der Waals surface area contributed by atoms with E-state index < -0.39 is 0 Å². The smallest absolute Gasteiger partial charge is 0.174 e. The second-order valence-electron chi connectivity index (χ2n) is 6.89. The summed E-state index contributed by atoms with van der Waals surface area (Å²) in [5, 5.41) is -0.0297. The molecule has 2 atom stereocenters. The summed E-state index contributed by atoms with van der Waals surface area (Å²) in [5.41, 5.74) is 4.68. The standard InChI is InChI=1S/C24H19NO2S/c1-2-27-16-13-11-15(12-14-16)24-21-22(17-7-3-4-8-18(17)23(21)26)25-19-9-5-6-10-20(19)28-24/h3-14,21,24H,2H2,1H3/t21-,24-/m0/s1. The molecule has 2 aliphatic rings. The van der Waals surface area contributed by atoms with Crippen molar-refractivity contribution in [2.45, 2.75) is 17.1 Å². The van der Waals surface area contributed by atoms with Crippen LogP contribution >= 0.6 is 11.8 Å². The number of ketones is 1. The number of nitrogens with zero attached hydrogens (tertiary/aromatic N) is 1. The van der Waals surface area contributed by atoms with Crippen LogP contribution in [0.5, 0.6) is 5.75 Å². The third-order valence-corrected chi connectivity index (χ3v) is 6.63. The molecular weight excluding hydrogens is 366 g/mol. The van der Waals surface area contributed by atoms with Crippen molar-refractivity contribution in [1.82, 2.24) is 0 Å². The first kappa shape index (κ1) is 17.3. The van der Waals surface area contributed by atoms with Crippen molar-refractivity contribution in [1.29, 1.82) is 0 Å². The Morgan fingerprint density at radius 2 is 1.64 bits per heavy atom. The average Bonchev–Trinajstić information content (AvgIpc) is 2.90. The summed E-state index contributed by atoms with van der Waals surface area (Å²) in [5.74, 6) is 0.724. The average molecular weight is 385 g/mol. The van der Waals surface area contributed by atoms with E-state index in [1.165, 1.54) is 0 Å². The first-order chi connectivity index (χ1) is 13.8. The summed E-state index contributed by atoms with van der Waals surface area (Å²) in [7, 11) is 0. The molecule has 28 heavy (non-hydrogen) atoms. The van der Waals surface area contributed by atoms with Gasteiger partial charge in [0, 0.05) is 16.0 Å². The molecule has 1 aliphatic carbocycles. The molecule has 0 amide bonds. The molecule has 1 aliphatic heterocycles. The third kappa shape index (κ3) is 2.76. The molecule has 5 rings (SSSR count). The normalized spacial score (nSPS) is 19.9. The van der Waals surface area contributed by atoms with E-state index in [2.05, 4.69) is 18.2 Å². The monoisotopic (exact) mass is 385 g/mol. The maximum Gasteiger partial charge on any atom is 0.174 e. The Balaban J connectivity index is 1.66. The Hall–Kier alpha value is -2.85. The second-order valence-corrected chi connectivity index (χ2v) is 8.08. The van der Waals surface area contributed by atoms with Gasteiger partial charge in [0.1, 0.15) is 5.75 Å². The van der Waals surface area contributed by atoms with Gasteiger partial charge in [-0.2, -0.15) is 0 Å². The molecule has 0 saturated carbocycles. The van der Waals surface area contributed by atoms with Gasteiger partial charge in [0.15, 0.2) is 5.78 Å². The SMILES string of the molecule is CCOc1ccc([C@@H]2Sc3ccccc3N=C3c4ccccc4C(=O)[C@H]32)cc1. The summed E-state index contributed by atoms with van der Waals surface area (Å²) >= 11 is 1.72. The fourth-order valence-corrected chi connectivity index (χ4v) is 5.30. The summed E-state index contributed by atoms with van der Waals surface area (Å²) < 4.78 is 5.59. The summed E-state index contributed by atoms with van der Waals surface area (Å²) in [6.45, 7) is 2.61. The highest BCUT2D eigenvalue weighted by molar-refractivity contribution is 7.99. The first-order valence-electron chi connectivity index (χ1n) is 9.47. The zero-order valence-corrected chi connectivity index (χ0v) is 16.3. The molecule has 3 nitrogen and oxygen atoms in total. The van der Waals surface area contributed by atoms with Crippen molar-refractivity contribution >= 4 is 28.9 Å². The Bertz CT molecular complexity index is 1090. The van der Waals surface area contributed by atoms with Crippen molar-refractivity contribution in [3.8, 4) is 5.75 Å². The molecule has 0 N–H and O–H groups in total. The van der Waals surface area contributed by atoms with E-state index in [1.807, 2.05) is 61.5 Å². The third-order valence-electron chi connectivity index (χ3n) is 5.23. The van der Waals surface area contributed by atoms with Gasteiger partial charge >= 0.3 is 0 Å². The van der Waals surface area contributed by atoms with E-state index in [1.54, 1.807) is 11.8 Å². The number of hydrogen-bond acceptors (Lipinski definition) is 4. The van der Waals surface area contributed by atoms with Crippen LogP contribution in [0.2, 0.25) is 0 Å². The van der Waals surface area contributed by atoms with Crippen LogP contribution in [0.1, 0.15) is 33.7 Å². The molecule has 138 valence electrons. The molecule has 0 bridgehead atoms. The number of carbonyl (C=O) groups is 1. The Kier molecular flexibility index (Phi) is 4.29. The summed E-state index contributed by atoms with van der Waals surface area (Å²) in [4.78, 5) is 19.4. The number of hydrogen-bond donors (Lipinski definition) is 0. The molecular formula is C24H19NO2S. The van der Waals surface area contributed by atoms with Crippen molar-refractivity contribution in [2.75, 3.05) is 6.61 Å². The minimum absolute atomic E-state index is 0.0297. The highest BCUT2D eigenvalue weighted by atomic mass is 32.2. The molecule has 0 spiro atoms. The molecule has 4 heteroatoms. The molecule has 3 aromatic rings. The van der Waals surface area contributed by atoms with Crippen LogP contribution in [0.3, 0.4) is 0 Å². The van der Waals surface area contributed by atoms with Gasteiger partial charge in [0.2, 0.25) is 0 Å². The topological polar surface area (TPSA) is 38.7 Å². The molecule has 0 saturated heterocycles. The van der Waals surface area contributed by atoms with Crippen LogP contribution in [0.25, 0.3) is 0 Å². The first-order valence-corrected chi connectivity index (χ1v) is 10.3. The zero-order valence-electron chi connectivity index (χ0n) is 15.5. The minimum Gasteiger partial charge on any atom is -0.494 e. The van der Waals surface area contributed by atoms with E-state index in [4.69, 9.17) is 9.73 Å². The number of aliphatic imine (C=N–C) groups is 1. The quantitative estimate of drug-likeness (QED) is 0.566. The predicted octanol–water partition coefficient (Wildman–Crippen LogP) is 5.87. The van der Waals surface area contributed by atoms with Crippen molar-refractivity contribution in [2.24, 2.45) is 10.9 Å². The number of thioether (sulfide) groups is 1. The number of ether oxygens (including phenoxy) is 1. The highest BCUT2D eigenvalue weighted by Gasteiger charge is 2.44. The van der Waals surface area contributed by atoms with Crippen LogP contribution in [-0.4, -0.2) is 18.1 Å². The van der Waals surface area contributed by atoms with Gasteiger partial charge < -0.3 is 4.74 Å². The van der Waals surface area contributed by atoms with Gasteiger partial charge in [-0.05, 0) is 36.8 Å².